The molecule has 1 aliphatic rings. The van der Waals surface area contributed by atoms with Crippen molar-refractivity contribution in [3.8, 4) is 0 Å². The van der Waals surface area contributed by atoms with Gasteiger partial charge >= 0.3 is 0 Å². The highest BCUT2D eigenvalue weighted by Crippen LogP contribution is 2.10. The molecule has 42 valence electrons. The van der Waals surface area contributed by atoms with Crippen molar-refractivity contribution >= 4 is 22.6 Å². The van der Waals surface area contributed by atoms with Crippen LogP contribution in [0.3, 0.4) is 0 Å². The second kappa shape index (κ2) is 3.07. The van der Waals surface area contributed by atoms with Gasteiger partial charge in [0.1, 0.15) is 0 Å². The number of hydrogen-bond donors (Lipinski definition) is 0. The van der Waals surface area contributed by atoms with Crippen LogP contribution in [0, 0.1) is 5.92 Å². The van der Waals surface area contributed by atoms with Crippen LogP contribution in [-0.4, -0.2) is 0 Å². The SMILES string of the molecule is I/C=C/C1C=CC=C1. The maximum absolute atomic E-state index is 2.23. The fraction of sp³-hybridized carbons (Fsp3) is 0.143. The average Bonchev–Trinajstić information content (AvgIpc) is 2.19. The zero-order valence-corrected chi connectivity index (χ0v) is 6.58. The van der Waals surface area contributed by atoms with Crippen LogP contribution in [0.1, 0.15) is 0 Å². The Labute approximate surface area is 63.1 Å². The Morgan fingerprint density at radius 1 is 1.25 bits per heavy atom. The van der Waals surface area contributed by atoms with E-state index in [4.69, 9.17) is 0 Å². The van der Waals surface area contributed by atoms with Gasteiger partial charge in [-0.15, -0.1) is 0 Å². The van der Waals surface area contributed by atoms with Gasteiger partial charge in [0.2, 0.25) is 0 Å². The molecule has 0 N–H and O–H groups in total. The average molecular weight is 218 g/mol. The first-order valence-corrected chi connectivity index (χ1v) is 3.80. The molecule has 0 saturated carbocycles. The van der Waals surface area contributed by atoms with Gasteiger partial charge in [-0.05, 0) is 4.08 Å². The van der Waals surface area contributed by atoms with Gasteiger partial charge in [-0.1, -0.05) is 53.0 Å². The summed E-state index contributed by atoms with van der Waals surface area (Å²) in [5.41, 5.74) is 0. The van der Waals surface area contributed by atoms with E-state index >= 15 is 0 Å². The zero-order chi connectivity index (χ0) is 5.82. The van der Waals surface area contributed by atoms with E-state index in [1.165, 1.54) is 0 Å². The van der Waals surface area contributed by atoms with Gasteiger partial charge in [0, 0.05) is 5.92 Å². The van der Waals surface area contributed by atoms with Gasteiger partial charge in [-0.25, -0.2) is 0 Å². The van der Waals surface area contributed by atoms with Crippen molar-refractivity contribution in [2.75, 3.05) is 0 Å². The third kappa shape index (κ3) is 1.47. The van der Waals surface area contributed by atoms with Crippen molar-refractivity contribution in [1.29, 1.82) is 0 Å². The third-order valence-electron chi connectivity index (χ3n) is 1.07. The van der Waals surface area contributed by atoms with Crippen LogP contribution >= 0.6 is 22.6 Å². The molecular formula is C7H7I. The molecule has 0 aromatic heterocycles. The second-order valence-corrected chi connectivity index (χ2v) is 2.38. The molecule has 0 aromatic rings. The Balaban J connectivity index is 2.49. The summed E-state index contributed by atoms with van der Waals surface area (Å²) < 4.78 is 2.04. The van der Waals surface area contributed by atoms with Crippen molar-refractivity contribution in [1.82, 2.24) is 0 Å². The Kier molecular flexibility index (Phi) is 2.33. The highest BCUT2D eigenvalue weighted by atomic mass is 127. The highest BCUT2D eigenvalue weighted by Gasteiger charge is 1.94. The molecule has 0 fully saturated rings. The van der Waals surface area contributed by atoms with E-state index in [0.717, 1.165) is 0 Å². The van der Waals surface area contributed by atoms with Crippen LogP contribution in [0.25, 0.3) is 0 Å². The van der Waals surface area contributed by atoms with Gasteiger partial charge in [-0.3, -0.25) is 0 Å². The van der Waals surface area contributed by atoms with Crippen LogP contribution < -0.4 is 0 Å². The van der Waals surface area contributed by atoms with Gasteiger partial charge in [0.05, 0.1) is 0 Å². The van der Waals surface area contributed by atoms with Crippen molar-refractivity contribution in [2.45, 2.75) is 0 Å². The number of allylic oxidation sites excluding steroid dienone is 5. The van der Waals surface area contributed by atoms with Gasteiger partial charge in [0.15, 0.2) is 0 Å². The molecule has 0 unspecified atom stereocenters. The Hall–Kier alpha value is -0.0500. The molecule has 1 heteroatoms. The third-order valence-corrected chi connectivity index (χ3v) is 1.49. The minimum Gasteiger partial charge on any atom is -0.0738 e. The lowest BCUT2D eigenvalue weighted by Crippen LogP contribution is -1.77. The molecule has 0 bridgehead atoms. The zero-order valence-electron chi connectivity index (χ0n) is 4.42. The lowest BCUT2D eigenvalue weighted by atomic mass is 10.2. The first-order chi connectivity index (χ1) is 3.93. The van der Waals surface area contributed by atoms with Crippen molar-refractivity contribution in [2.24, 2.45) is 5.92 Å². The smallest absolute Gasteiger partial charge is 0.0141 e. The molecule has 0 aromatic carbocycles. The largest absolute Gasteiger partial charge is 0.0738 e. The summed E-state index contributed by atoms with van der Waals surface area (Å²) in [7, 11) is 0. The predicted molar refractivity (Wildman–Crippen MR) is 44.9 cm³/mol. The summed E-state index contributed by atoms with van der Waals surface area (Å²) in [4.78, 5) is 0. The van der Waals surface area contributed by atoms with Crippen LogP contribution in [0.15, 0.2) is 34.5 Å². The molecule has 1 aliphatic carbocycles. The summed E-state index contributed by atoms with van der Waals surface area (Å²) in [5, 5.41) is 0. The fourth-order valence-electron chi connectivity index (χ4n) is 0.661. The molecule has 8 heavy (non-hydrogen) atoms. The quantitative estimate of drug-likeness (QED) is 0.593. The molecule has 0 heterocycles. The highest BCUT2D eigenvalue weighted by molar-refractivity contribution is 14.1. The normalized spacial score (nSPS) is 19.1. The first-order valence-electron chi connectivity index (χ1n) is 2.55. The van der Waals surface area contributed by atoms with E-state index in [2.05, 4.69) is 53.0 Å². The lowest BCUT2D eigenvalue weighted by Gasteiger charge is -1.89. The standard InChI is InChI=1S/C7H7I/c8-6-5-7-3-1-2-4-7/h1-7H/b6-5+. The van der Waals surface area contributed by atoms with Crippen LogP contribution in [0.4, 0.5) is 0 Å². The molecule has 0 amide bonds. The van der Waals surface area contributed by atoms with Gasteiger partial charge < -0.3 is 0 Å². The summed E-state index contributed by atoms with van der Waals surface area (Å²) in [5.74, 6) is 0.562. The summed E-state index contributed by atoms with van der Waals surface area (Å²) in [6.07, 6.45) is 10.6. The maximum Gasteiger partial charge on any atom is 0.0141 e. The van der Waals surface area contributed by atoms with E-state index in [0.29, 0.717) is 5.92 Å². The second-order valence-electron chi connectivity index (χ2n) is 1.67. The van der Waals surface area contributed by atoms with Crippen LogP contribution in [0.5, 0.6) is 0 Å². The summed E-state index contributed by atoms with van der Waals surface area (Å²) >= 11 is 2.23. The number of halogens is 1. The number of hydrogen-bond acceptors (Lipinski definition) is 0. The maximum atomic E-state index is 2.23. The molecular weight excluding hydrogens is 211 g/mol. The van der Waals surface area contributed by atoms with Crippen LogP contribution in [0.2, 0.25) is 0 Å². The molecule has 0 radical (unpaired) electrons. The topological polar surface area (TPSA) is 0 Å². The fourth-order valence-corrected chi connectivity index (χ4v) is 1.14. The van der Waals surface area contributed by atoms with Crippen molar-refractivity contribution in [3.05, 3.63) is 34.5 Å². The predicted octanol–water partition coefficient (Wildman–Crippen LogP) is 2.68. The van der Waals surface area contributed by atoms with E-state index in [9.17, 15) is 0 Å². The lowest BCUT2D eigenvalue weighted by molar-refractivity contribution is 1.10. The van der Waals surface area contributed by atoms with E-state index in [-0.39, 0.29) is 0 Å². The first kappa shape index (κ1) is 6.08. The monoisotopic (exact) mass is 218 g/mol. The van der Waals surface area contributed by atoms with Crippen molar-refractivity contribution < 1.29 is 0 Å². The Morgan fingerprint density at radius 2 is 1.88 bits per heavy atom. The number of rotatable bonds is 1. The summed E-state index contributed by atoms with van der Waals surface area (Å²) in [6.45, 7) is 0. The molecule has 0 spiro atoms. The van der Waals surface area contributed by atoms with E-state index in [1.807, 2.05) is 4.08 Å². The van der Waals surface area contributed by atoms with E-state index in [1.54, 1.807) is 0 Å². The Morgan fingerprint density at radius 3 is 2.38 bits per heavy atom. The molecule has 0 nitrogen and oxygen atoms in total. The molecule has 0 aliphatic heterocycles. The Bertz CT molecular complexity index is 130. The van der Waals surface area contributed by atoms with Crippen LogP contribution in [-0.2, 0) is 0 Å². The van der Waals surface area contributed by atoms with Gasteiger partial charge in [0.25, 0.3) is 0 Å². The summed E-state index contributed by atoms with van der Waals surface area (Å²) in [6, 6.07) is 0. The minimum absolute atomic E-state index is 0.562. The molecule has 1 rings (SSSR count). The minimum atomic E-state index is 0.562. The van der Waals surface area contributed by atoms with E-state index < -0.39 is 0 Å². The van der Waals surface area contributed by atoms with Crippen molar-refractivity contribution in [3.63, 3.8) is 0 Å². The molecule has 0 saturated heterocycles. The van der Waals surface area contributed by atoms with Gasteiger partial charge in [-0.2, -0.15) is 0 Å². The molecule has 0 atom stereocenters.